The van der Waals surface area contributed by atoms with Crippen LogP contribution in [0.5, 0.6) is 0 Å². The van der Waals surface area contributed by atoms with Gasteiger partial charge >= 0.3 is 0 Å². The van der Waals surface area contributed by atoms with E-state index in [4.69, 9.17) is 0 Å². The standard InChI is InChI=1S/C27H21N3/c1-27(2)22-10-4-7-13-25(22)30(26-14-8-5-11-23(26)27)24-12-6-3-9-20(24)21-18-29-16-15-19(21)17-28/h3-16,18H,1-2H3. The van der Waals surface area contributed by atoms with Crippen molar-refractivity contribution in [2.75, 3.05) is 4.90 Å². The van der Waals surface area contributed by atoms with Crippen LogP contribution < -0.4 is 4.90 Å². The van der Waals surface area contributed by atoms with Gasteiger partial charge in [-0.15, -0.1) is 0 Å². The number of rotatable bonds is 2. The van der Waals surface area contributed by atoms with Crippen molar-refractivity contribution in [3.63, 3.8) is 0 Å². The number of hydrogen-bond donors (Lipinski definition) is 0. The summed E-state index contributed by atoms with van der Waals surface area (Å²) < 4.78 is 0. The van der Waals surface area contributed by atoms with Crippen LogP contribution in [0.15, 0.2) is 91.3 Å². The summed E-state index contributed by atoms with van der Waals surface area (Å²) in [4.78, 5) is 6.62. The van der Waals surface area contributed by atoms with E-state index in [1.54, 1.807) is 18.5 Å². The average Bonchev–Trinajstić information content (AvgIpc) is 2.80. The van der Waals surface area contributed by atoms with E-state index in [0.717, 1.165) is 28.2 Å². The van der Waals surface area contributed by atoms with Gasteiger partial charge in [0.25, 0.3) is 0 Å². The van der Waals surface area contributed by atoms with Crippen LogP contribution in [0.3, 0.4) is 0 Å². The quantitative estimate of drug-likeness (QED) is 0.383. The highest BCUT2D eigenvalue weighted by Gasteiger charge is 2.37. The number of nitrogens with zero attached hydrogens (tertiary/aromatic N) is 3. The van der Waals surface area contributed by atoms with Gasteiger partial charge in [-0.2, -0.15) is 5.26 Å². The lowest BCUT2D eigenvalue weighted by Gasteiger charge is -2.42. The molecule has 3 nitrogen and oxygen atoms in total. The van der Waals surface area contributed by atoms with Crippen LogP contribution in [-0.4, -0.2) is 4.98 Å². The molecule has 5 rings (SSSR count). The van der Waals surface area contributed by atoms with Crippen LogP contribution in [0.2, 0.25) is 0 Å². The second-order valence-corrected chi connectivity index (χ2v) is 8.04. The molecule has 0 spiro atoms. The second-order valence-electron chi connectivity index (χ2n) is 8.04. The maximum Gasteiger partial charge on any atom is 0.0999 e. The predicted molar refractivity (Wildman–Crippen MR) is 121 cm³/mol. The van der Waals surface area contributed by atoms with Crippen LogP contribution in [0, 0.1) is 11.3 Å². The number of aromatic nitrogens is 1. The molecule has 0 unspecified atom stereocenters. The molecule has 30 heavy (non-hydrogen) atoms. The Bertz CT molecular complexity index is 1250. The normalized spacial score (nSPS) is 13.8. The molecule has 1 aliphatic heterocycles. The Hall–Kier alpha value is -3.90. The number of para-hydroxylation sites is 3. The van der Waals surface area contributed by atoms with Crippen molar-refractivity contribution in [3.8, 4) is 17.2 Å². The molecule has 3 heteroatoms. The average molecular weight is 387 g/mol. The van der Waals surface area contributed by atoms with Crippen molar-refractivity contribution < 1.29 is 0 Å². The Kier molecular flexibility index (Phi) is 4.15. The van der Waals surface area contributed by atoms with E-state index in [1.165, 1.54) is 11.1 Å². The Morgan fingerprint density at radius 3 is 1.93 bits per heavy atom. The zero-order chi connectivity index (χ0) is 20.7. The van der Waals surface area contributed by atoms with Gasteiger partial charge in [0, 0.05) is 28.9 Å². The van der Waals surface area contributed by atoms with Gasteiger partial charge < -0.3 is 4.90 Å². The minimum Gasteiger partial charge on any atom is -0.309 e. The fourth-order valence-corrected chi connectivity index (χ4v) is 4.53. The molecular weight excluding hydrogens is 366 g/mol. The fraction of sp³-hybridized carbons (Fsp3) is 0.111. The van der Waals surface area contributed by atoms with Gasteiger partial charge in [-0.1, -0.05) is 68.4 Å². The minimum atomic E-state index is -0.106. The molecule has 0 saturated carbocycles. The van der Waals surface area contributed by atoms with Gasteiger partial charge in [-0.3, -0.25) is 4.98 Å². The maximum absolute atomic E-state index is 9.67. The van der Waals surface area contributed by atoms with Crippen LogP contribution in [0.25, 0.3) is 11.1 Å². The van der Waals surface area contributed by atoms with E-state index in [-0.39, 0.29) is 5.41 Å². The highest BCUT2D eigenvalue weighted by Crippen LogP contribution is 2.53. The summed E-state index contributed by atoms with van der Waals surface area (Å²) in [7, 11) is 0. The summed E-state index contributed by atoms with van der Waals surface area (Å²) in [6.07, 6.45) is 3.45. The first-order chi connectivity index (χ1) is 14.6. The molecule has 0 N–H and O–H groups in total. The topological polar surface area (TPSA) is 39.9 Å². The maximum atomic E-state index is 9.67. The Morgan fingerprint density at radius 2 is 1.30 bits per heavy atom. The van der Waals surface area contributed by atoms with Crippen molar-refractivity contribution >= 4 is 17.1 Å². The third kappa shape index (κ3) is 2.62. The summed E-state index contributed by atoms with van der Waals surface area (Å²) in [5.41, 5.74) is 8.28. The summed E-state index contributed by atoms with van der Waals surface area (Å²) >= 11 is 0. The van der Waals surface area contributed by atoms with Crippen molar-refractivity contribution in [2.24, 2.45) is 0 Å². The molecule has 1 aromatic heterocycles. The smallest absolute Gasteiger partial charge is 0.0999 e. The Balaban J connectivity index is 1.83. The SMILES string of the molecule is CC1(C)c2ccccc2N(c2ccccc2-c2cnccc2C#N)c2ccccc21. The Morgan fingerprint density at radius 1 is 0.733 bits per heavy atom. The third-order valence-electron chi connectivity index (χ3n) is 6.01. The first kappa shape index (κ1) is 18.1. The van der Waals surface area contributed by atoms with Crippen LogP contribution in [0.1, 0.15) is 30.5 Å². The highest BCUT2D eigenvalue weighted by atomic mass is 15.2. The van der Waals surface area contributed by atoms with Gasteiger partial charge in [-0.05, 0) is 35.4 Å². The highest BCUT2D eigenvalue weighted by molar-refractivity contribution is 5.93. The van der Waals surface area contributed by atoms with Crippen molar-refractivity contribution in [2.45, 2.75) is 19.3 Å². The molecule has 0 saturated heterocycles. The summed E-state index contributed by atoms with van der Waals surface area (Å²) in [5, 5.41) is 9.67. The fourth-order valence-electron chi connectivity index (χ4n) is 4.53. The number of nitriles is 1. The summed E-state index contributed by atoms with van der Waals surface area (Å²) in [5.74, 6) is 0. The van der Waals surface area contributed by atoms with E-state index in [1.807, 2.05) is 12.1 Å². The predicted octanol–water partition coefficient (Wildman–Crippen LogP) is 6.73. The minimum absolute atomic E-state index is 0.106. The van der Waals surface area contributed by atoms with Crippen LogP contribution in [0.4, 0.5) is 17.1 Å². The molecule has 144 valence electrons. The van der Waals surface area contributed by atoms with Crippen molar-refractivity contribution in [1.29, 1.82) is 5.26 Å². The second kappa shape index (κ2) is 6.86. The van der Waals surface area contributed by atoms with Gasteiger partial charge in [0.2, 0.25) is 0 Å². The van der Waals surface area contributed by atoms with Gasteiger partial charge in [0.1, 0.15) is 0 Å². The molecule has 0 aliphatic carbocycles. The number of fused-ring (bicyclic) bond motifs is 2. The lowest BCUT2D eigenvalue weighted by molar-refractivity contribution is 0.632. The van der Waals surface area contributed by atoms with E-state index < -0.39 is 0 Å². The van der Waals surface area contributed by atoms with Gasteiger partial charge in [0.05, 0.1) is 28.7 Å². The van der Waals surface area contributed by atoms with Crippen LogP contribution in [-0.2, 0) is 5.41 Å². The number of pyridine rings is 1. The molecular formula is C27H21N3. The number of benzene rings is 3. The van der Waals surface area contributed by atoms with Gasteiger partial charge in [0.15, 0.2) is 0 Å². The molecule has 0 bridgehead atoms. The third-order valence-corrected chi connectivity index (χ3v) is 6.01. The Labute approximate surface area is 176 Å². The number of anilines is 3. The molecule has 3 aromatic carbocycles. The van der Waals surface area contributed by atoms with E-state index in [0.29, 0.717) is 5.56 Å². The zero-order valence-corrected chi connectivity index (χ0v) is 17.0. The molecule has 1 aliphatic rings. The molecule has 0 amide bonds. The van der Waals surface area contributed by atoms with E-state index >= 15 is 0 Å². The van der Waals surface area contributed by atoms with Crippen molar-refractivity contribution in [3.05, 3.63) is 108 Å². The number of hydrogen-bond acceptors (Lipinski definition) is 3. The molecule has 0 fully saturated rings. The lowest BCUT2D eigenvalue weighted by atomic mass is 9.73. The largest absolute Gasteiger partial charge is 0.309 e. The first-order valence-corrected chi connectivity index (χ1v) is 10.1. The first-order valence-electron chi connectivity index (χ1n) is 10.1. The molecule has 4 aromatic rings. The van der Waals surface area contributed by atoms with Crippen LogP contribution >= 0.6 is 0 Å². The molecule has 0 radical (unpaired) electrons. The molecule has 2 heterocycles. The van der Waals surface area contributed by atoms with Crippen molar-refractivity contribution in [1.82, 2.24) is 4.98 Å². The zero-order valence-electron chi connectivity index (χ0n) is 17.0. The monoisotopic (exact) mass is 387 g/mol. The van der Waals surface area contributed by atoms with Gasteiger partial charge in [-0.25, -0.2) is 0 Å². The molecule has 0 atom stereocenters. The summed E-state index contributed by atoms with van der Waals surface area (Å²) in [6.45, 7) is 4.56. The lowest BCUT2D eigenvalue weighted by Crippen LogP contribution is -2.30. The van der Waals surface area contributed by atoms with E-state index in [9.17, 15) is 5.26 Å². The van der Waals surface area contributed by atoms with E-state index in [2.05, 4.69) is 90.5 Å². The summed E-state index contributed by atoms with van der Waals surface area (Å²) in [6, 6.07) is 29.5.